The van der Waals surface area contributed by atoms with Gasteiger partial charge >= 0.3 is 0 Å². The van der Waals surface area contributed by atoms with E-state index in [9.17, 15) is 13.2 Å². The number of terminal acetylenes is 1. The summed E-state index contributed by atoms with van der Waals surface area (Å²) in [6.45, 7) is 6.16. The van der Waals surface area contributed by atoms with Gasteiger partial charge in [0.1, 0.15) is 0 Å². The van der Waals surface area contributed by atoms with Crippen molar-refractivity contribution in [3.63, 3.8) is 0 Å². The van der Waals surface area contributed by atoms with Crippen LogP contribution in [0, 0.1) is 12.3 Å². The second-order valence-electron chi connectivity index (χ2n) is 6.41. The maximum atomic E-state index is 12.7. The molecule has 0 fully saturated rings. The van der Waals surface area contributed by atoms with Crippen LogP contribution in [0.1, 0.15) is 35.8 Å². The quantitative estimate of drug-likeness (QED) is 0.587. The van der Waals surface area contributed by atoms with Crippen LogP contribution >= 0.6 is 0 Å². The monoisotopic (exact) mass is 413 g/mol. The second-order valence-corrected chi connectivity index (χ2v) is 8.18. The Kier molecular flexibility index (Phi) is 8.40. The third kappa shape index (κ3) is 6.16. The number of rotatable bonds is 10. The van der Waals surface area contributed by atoms with Crippen molar-refractivity contribution in [1.29, 1.82) is 0 Å². The first-order valence-electron chi connectivity index (χ1n) is 9.53. The number of likely N-dealkylation sites (N-methyl/N-ethyl adjacent to an activating group) is 1. The smallest absolute Gasteiger partial charge is 0.251 e. The van der Waals surface area contributed by atoms with Gasteiger partial charge in [0, 0.05) is 12.1 Å². The molecule has 0 aliphatic rings. The molecule has 0 saturated heterocycles. The normalized spacial score (nSPS) is 12.3. The van der Waals surface area contributed by atoms with Crippen LogP contribution in [0.4, 0.5) is 0 Å². The summed E-state index contributed by atoms with van der Waals surface area (Å²) in [5, 5.41) is 2.94. The highest BCUT2D eigenvalue weighted by Gasteiger charge is 2.20. The van der Waals surface area contributed by atoms with Crippen LogP contribution < -0.4 is 10.0 Å². The van der Waals surface area contributed by atoms with Crippen LogP contribution in [0.5, 0.6) is 0 Å². The molecule has 1 amide bonds. The maximum Gasteiger partial charge on any atom is 0.251 e. The highest BCUT2D eigenvalue weighted by molar-refractivity contribution is 7.89. The first-order chi connectivity index (χ1) is 13.9. The minimum Gasteiger partial charge on any atom is -0.350 e. The minimum atomic E-state index is -3.75. The summed E-state index contributed by atoms with van der Waals surface area (Å²) in [5.41, 5.74) is 1.39. The van der Waals surface area contributed by atoms with Gasteiger partial charge in [0.05, 0.1) is 17.5 Å². The fourth-order valence-electron chi connectivity index (χ4n) is 3.11. The number of nitrogens with zero attached hydrogens (tertiary/aromatic N) is 1. The molecular formula is C22H27N3O3S. The molecule has 1 atom stereocenters. The Labute approximate surface area is 173 Å². The lowest BCUT2D eigenvalue weighted by atomic mass is 10.0. The van der Waals surface area contributed by atoms with Crippen LogP contribution in [0.25, 0.3) is 0 Å². The Balaban J connectivity index is 2.16. The molecule has 0 aromatic heterocycles. The first-order valence-corrected chi connectivity index (χ1v) is 11.0. The van der Waals surface area contributed by atoms with E-state index in [0.29, 0.717) is 6.54 Å². The molecule has 7 heteroatoms. The van der Waals surface area contributed by atoms with E-state index in [-0.39, 0.29) is 29.0 Å². The van der Waals surface area contributed by atoms with E-state index in [1.54, 1.807) is 12.1 Å². The van der Waals surface area contributed by atoms with Crippen molar-refractivity contribution >= 4 is 15.9 Å². The molecule has 1 unspecified atom stereocenters. The number of carbonyl (C=O) groups excluding carboxylic acids is 1. The average Bonchev–Trinajstić information content (AvgIpc) is 2.75. The van der Waals surface area contributed by atoms with E-state index in [1.807, 2.05) is 30.3 Å². The van der Waals surface area contributed by atoms with E-state index in [2.05, 4.69) is 34.7 Å². The molecule has 154 valence electrons. The maximum absolute atomic E-state index is 12.7. The van der Waals surface area contributed by atoms with Gasteiger partial charge in [-0.15, -0.1) is 6.42 Å². The van der Waals surface area contributed by atoms with Crippen molar-refractivity contribution in [2.24, 2.45) is 0 Å². The molecule has 2 rings (SSSR count). The second kappa shape index (κ2) is 10.8. The van der Waals surface area contributed by atoms with E-state index >= 15 is 0 Å². The summed E-state index contributed by atoms with van der Waals surface area (Å²) >= 11 is 0. The van der Waals surface area contributed by atoms with Gasteiger partial charge in [-0.2, -0.15) is 4.72 Å². The average molecular weight is 414 g/mol. The van der Waals surface area contributed by atoms with Crippen molar-refractivity contribution in [3.8, 4) is 12.3 Å². The zero-order valence-electron chi connectivity index (χ0n) is 16.8. The molecule has 6 nitrogen and oxygen atoms in total. The molecule has 2 N–H and O–H groups in total. The zero-order valence-corrected chi connectivity index (χ0v) is 17.6. The molecule has 0 aliphatic heterocycles. The number of amides is 1. The molecule has 29 heavy (non-hydrogen) atoms. The van der Waals surface area contributed by atoms with Gasteiger partial charge in [0.2, 0.25) is 10.0 Å². The van der Waals surface area contributed by atoms with Crippen LogP contribution in [0.2, 0.25) is 0 Å². The molecule has 2 aromatic rings. The van der Waals surface area contributed by atoms with Gasteiger partial charge in [-0.25, -0.2) is 8.42 Å². The number of hydrogen-bond acceptors (Lipinski definition) is 4. The molecule has 0 spiro atoms. The first kappa shape index (κ1) is 22.6. The number of sulfonamides is 1. The summed E-state index contributed by atoms with van der Waals surface area (Å²) in [6, 6.07) is 15.9. The van der Waals surface area contributed by atoms with Crippen LogP contribution in [0.3, 0.4) is 0 Å². The van der Waals surface area contributed by atoms with Gasteiger partial charge < -0.3 is 5.32 Å². The molecule has 0 heterocycles. The van der Waals surface area contributed by atoms with Crippen molar-refractivity contribution in [2.75, 3.05) is 26.2 Å². The standard InChI is InChI=1S/C22H27N3O3S/c1-4-15-24-29(27,28)20-14-10-13-19(16-20)22(26)23-17-21(25(5-2)6-3)18-11-8-7-9-12-18/h1,7-14,16,21,24H,5-6,15,17H2,2-3H3,(H,23,26). The van der Waals surface area contributed by atoms with E-state index in [4.69, 9.17) is 6.42 Å². The highest BCUT2D eigenvalue weighted by Crippen LogP contribution is 2.20. The Bertz CT molecular complexity index is 949. The largest absolute Gasteiger partial charge is 0.350 e. The Morgan fingerprint density at radius 1 is 1.10 bits per heavy atom. The summed E-state index contributed by atoms with van der Waals surface area (Å²) in [7, 11) is -3.75. The van der Waals surface area contributed by atoms with Gasteiger partial charge in [0.15, 0.2) is 0 Å². The fourth-order valence-corrected chi connectivity index (χ4v) is 4.09. The highest BCUT2D eigenvalue weighted by atomic mass is 32.2. The Morgan fingerprint density at radius 2 is 1.79 bits per heavy atom. The van der Waals surface area contributed by atoms with E-state index < -0.39 is 10.0 Å². The third-order valence-electron chi connectivity index (χ3n) is 4.66. The van der Waals surface area contributed by atoms with Crippen molar-refractivity contribution < 1.29 is 13.2 Å². The number of nitrogens with one attached hydrogen (secondary N) is 2. The number of benzene rings is 2. The van der Waals surface area contributed by atoms with Crippen molar-refractivity contribution in [3.05, 3.63) is 65.7 Å². The van der Waals surface area contributed by atoms with Gasteiger partial charge in [0.25, 0.3) is 5.91 Å². The Morgan fingerprint density at radius 3 is 2.41 bits per heavy atom. The fraction of sp³-hybridized carbons (Fsp3) is 0.318. The number of carbonyl (C=O) groups is 1. The SMILES string of the molecule is C#CCNS(=O)(=O)c1cccc(C(=O)NCC(c2ccccc2)N(CC)CC)c1. The summed E-state index contributed by atoms with van der Waals surface area (Å²) < 4.78 is 26.8. The topological polar surface area (TPSA) is 78.5 Å². The van der Waals surface area contributed by atoms with E-state index in [1.165, 1.54) is 12.1 Å². The van der Waals surface area contributed by atoms with Crippen LogP contribution in [0.15, 0.2) is 59.5 Å². The van der Waals surface area contributed by atoms with Gasteiger partial charge in [-0.1, -0.05) is 56.2 Å². The van der Waals surface area contributed by atoms with Crippen molar-refractivity contribution in [2.45, 2.75) is 24.8 Å². The molecular weight excluding hydrogens is 386 g/mol. The Hall–Kier alpha value is -2.66. The summed E-state index contributed by atoms with van der Waals surface area (Å²) in [4.78, 5) is 15.0. The lowest BCUT2D eigenvalue weighted by Gasteiger charge is -2.30. The zero-order chi connectivity index (χ0) is 21.3. The predicted molar refractivity (Wildman–Crippen MR) is 115 cm³/mol. The van der Waals surface area contributed by atoms with Gasteiger partial charge in [-0.05, 0) is 36.9 Å². The summed E-state index contributed by atoms with van der Waals surface area (Å²) in [5.74, 6) is 1.90. The molecule has 0 radical (unpaired) electrons. The molecule has 0 saturated carbocycles. The number of hydrogen-bond donors (Lipinski definition) is 2. The lowest BCUT2D eigenvalue weighted by Crippen LogP contribution is -2.38. The minimum absolute atomic E-state index is 0.00347. The molecule has 2 aromatic carbocycles. The molecule has 0 aliphatic carbocycles. The van der Waals surface area contributed by atoms with E-state index in [0.717, 1.165) is 18.7 Å². The lowest BCUT2D eigenvalue weighted by molar-refractivity contribution is 0.0934. The van der Waals surface area contributed by atoms with Crippen LogP contribution in [-0.2, 0) is 10.0 Å². The predicted octanol–water partition coefficient (Wildman–Crippen LogP) is 2.41. The molecule has 0 bridgehead atoms. The van der Waals surface area contributed by atoms with Crippen molar-refractivity contribution in [1.82, 2.24) is 14.9 Å². The third-order valence-corrected chi connectivity index (χ3v) is 6.06. The summed E-state index contributed by atoms with van der Waals surface area (Å²) in [6.07, 6.45) is 5.11. The van der Waals surface area contributed by atoms with Gasteiger partial charge in [-0.3, -0.25) is 9.69 Å². The van der Waals surface area contributed by atoms with Crippen LogP contribution in [-0.4, -0.2) is 45.4 Å².